The molecule has 2 fully saturated rings. The van der Waals surface area contributed by atoms with Gasteiger partial charge in [-0.15, -0.1) is 0 Å². The summed E-state index contributed by atoms with van der Waals surface area (Å²) >= 11 is 0. The van der Waals surface area contributed by atoms with Gasteiger partial charge in [0, 0.05) is 26.2 Å². The van der Waals surface area contributed by atoms with Crippen LogP contribution in [0.2, 0.25) is 0 Å². The lowest BCUT2D eigenvalue weighted by atomic mass is 10.0. The molecule has 1 atom stereocenters. The summed E-state index contributed by atoms with van der Waals surface area (Å²) in [4.78, 5) is 16.0. The van der Waals surface area contributed by atoms with Crippen LogP contribution in [-0.4, -0.2) is 65.7 Å². The maximum Gasteiger partial charge on any atom is 0.234 e. The standard InChI is InChI=1S/C13H25N3O2/c14-13(18)12-3-1-2-6-16(12)10-9-15-7-4-11(17)5-8-15/h11-12,17H,1-10H2,(H2,14,18). The van der Waals surface area contributed by atoms with Crippen molar-refractivity contribution in [1.29, 1.82) is 0 Å². The van der Waals surface area contributed by atoms with Crippen molar-refractivity contribution in [3.8, 4) is 0 Å². The fraction of sp³-hybridized carbons (Fsp3) is 0.923. The third kappa shape index (κ3) is 3.67. The van der Waals surface area contributed by atoms with Gasteiger partial charge in [-0.05, 0) is 32.2 Å². The van der Waals surface area contributed by atoms with Crippen LogP contribution in [-0.2, 0) is 4.79 Å². The first-order valence-corrected chi connectivity index (χ1v) is 7.10. The summed E-state index contributed by atoms with van der Waals surface area (Å²) in [5, 5.41) is 9.46. The third-order valence-corrected chi connectivity index (χ3v) is 4.20. The minimum atomic E-state index is -0.177. The number of aliphatic hydroxyl groups is 1. The molecule has 2 saturated heterocycles. The normalized spacial score (nSPS) is 28.4. The maximum absolute atomic E-state index is 11.4. The molecule has 2 aliphatic heterocycles. The molecule has 18 heavy (non-hydrogen) atoms. The Morgan fingerprint density at radius 1 is 1.11 bits per heavy atom. The van der Waals surface area contributed by atoms with Gasteiger partial charge in [0.2, 0.25) is 5.91 Å². The summed E-state index contributed by atoms with van der Waals surface area (Å²) in [6.07, 6.45) is 4.82. The molecule has 5 nitrogen and oxygen atoms in total. The van der Waals surface area contributed by atoms with Gasteiger partial charge in [0.1, 0.15) is 0 Å². The van der Waals surface area contributed by atoms with E-state index in [1.165, 1.54) is 6.42 Å². The zero-order chi connectivity index (χ0) is 13.0. The number of amides is 1. The van der Waals surface area contributed by atoms with E-state index in [0.29, 0.717) is 0 Å². The van der Waals surface area contributed by atoms with Crippen LogP contribution in [0.1, 0.15) is 32.1 Å². The number of nitrogens with zero attached hydrogens (tertiary/aromatic N) is 2. The average Bonchev–Trinajstić information content (AvgIpc) is 2.38. The van der Waals surface area contributed by atoms with Gasteiger partial charge in [-0.25, -0.2) is 0 Å². The van der Waals surface area contributed by atoms with E-state index in [1.54, 1.807) is 0 Å². The largest absolute Gasteiger partial charge is 0.393 e. The quantitative estimate of drug-likeness (QED) is 0.729. The highest BCUT2D eigenvalue weighted by Gasteiger charge is 2.27. The first-order valence-electron chi connectivity index (χ1n) is 7.10. The number of nitrogens with two attached hydrogens (primary N) is 1. The van der Waals surface area contributed by atoms with Crippen LogP contribution in [0.3, 0.4) is 0 Å². The van der Waals surface area contributed by atoms with Crippen molar-refractivity contribution in [3.63, 3.8) is 0 Å². The number of likely N-dealkylation sites (tertiary alicyclic amines) is 2. The van der Waals surface area contributed by atoms with Crippen molar-refractivity contribution >= 4 is 5.91 Å². The molecule has 2 aliphatic rings. The number of aliphatic hydroxyl groups excluding tert-OH is 1. The first-order chi connectivity index (χ1) is 8.66. The molecule has 0 aromatic heterocycles. The maximum atomic E-state index is 11.4. The summed E-state index contributed by atoms with van der Waals surface area (Å²) in [5.41, 5.74) is 5.46. The van der Waals surface area contributed by atoms with Crippen molar-refractivity contribution in [2.75, 3.05) is 32.7 Å². The number of piperidine rings is 2. The first kappa shape index (κ1) is 13.8. The summed E-state index contributed by atoms with van der Waals surface area (Å²) in [6, 6.07) is -0.0610. The molecule has 2 heterocycles. The molecule has 0 bridgehead atoms. The Balaban J connectivity index is 1.75. The molecule has 3 N–H and O–H groups in total. The Morgan fingerprint density at radius 2 is 1.83 bits per heavy atom. The Labute approximate surface area is 109 Å². The minimum absolute atomic E-state index is 0.0610. The molecule has 5 heteroatoms. The Morgan fingerprint density at radius 3 is 2.50 bits per heavy atom. The summed E-state index contributed by atoms with van der Waals surface area (Å²) < 4.78 is 0. The monoisotopic (exact) mass is 255 g/mol. The van der Waals surface area contributed by atoms with Gasteiger partial charge in [-0.1, -0.05) is 6.42 Å². The second-order valence-corrected chi connectivity index (χ2v) is 5.52. The summed E-state index contributed by atoms with van der Waals surface area (Å²) in [5.74, 6) is -0.177. The van der Waals surface area contributed by atoms with Crippen LogP contribution in [0.25, 0.3) is 0 Å². The predicted octanol–water partition coefficient (Wildman–Crippen LogP) is -0.217. The Bertz CT molecular complexity index is 277. The van der Waals surface area contributed by atoms with Crippen LogP contribution in [0.4, 0.5) is 0 Å². The lowest BCUT2D eigenvalue weighted by Gasteiger charge is -2.36. The molecular weight excluding hydrogens is 230 g/mol. The fourth-order valence-electron chi connectivity index (χ4n) is 2.99. The van der Waals surface area contributed by atoms with Crippen LogP contribution < -0.4 is 5.73 Å². The molecule has 104 valence electrons. The van der Waals surface area contributed by atoms with E-state index < -0.39 is 0 Å². The van der Waals surface area contributed by atoms with Gasteiger partial charge in [0.05, 0.1) is 12.1 Å². The molecule has 1 amide bonds. The zero-order valence-electron chi connectivity index (χ0n) is 11.1. The molecule has 0 aromatic rings. The minimum Gasteiger partial charge on any atom is -0.393 e. The lowest BCUT2D eigenvalue weighted by molar-refractivity contribution is -0.124. The second-order valence-electron chi connectivity index (χ2n) is 5.52. The molecule has 0 spiro atoms. The van der Waals surface area contributed by atoms with Crippen LogP contribution in [0.15, 0.2) is 0 Å². The average molecular weight is 255 g/mol. The molecule has 0 aromatic carbocycles. The van der Waals surface area contributed by atoms with E-state index in [4.69, 9.17) is 5.73 Å². The Kier molecular flexibility index (Phi) is 4.97. The molecule has 0 radical (unpaired) electrons. The molecular formula is C13H25N3O2. The molecule has 1 unspecified atom stereocenters. The van der Waals surface area contributed by atoms with Gasteiger partial charge in [0.15, 0.2) is 0 Å². The van der Waals surface area contributed by atoms with Gasteiger partial charge < -0.3 is 15.7 Å². The molecule has 2 rings (SSSR count). The number of hydrogen-bond donors (Lipinski definition) is 2. The smallest absolute Gasteiger partial charge is 0.234 e. The summed E-state index contributed by atoms with van der Waals surface area (Å²) in [7, 11) is 0. The van der Waals surface area contributed by atoms with E-state index in [1.807, 2.05) is 0 Å². The van der Waals surface area contributed by atoms with Crippen molar-refractivity contribution in [3.05, 3.63) is 0 Å². The zero-order valence-corrected chi connectivity index (χ0v) is 11.1. The number of primary amides is 1. The van der Waals surface area contributed by atoms with Gasteiger partial charge in [-0.2, -0.15) is 0 Å². The van der Waals surface area contributed by atoms with E-state index in [-0.39, 0.29) is 18.1 Å². The predicted molar refractivity (Wildman–Crippen MR) is 70.1 cm³/mol. The van der Waals surface area contributed by atoms with E-state index in [0.717, 1.165) is 58.4 Å². The Hall–Kier alpha value is -0.650. The van der Waals surface area contributed by atoms with Gasteiger partial charge in [0.25, 0.3) is 0 Å². The van der Waals surface area contributed by atoms with E-state index >= 15 is 0 Å². The van der Waals surface area contributed by atoms with E-state index in [9.17, 15) is 9.90 Å². The second kappa shape index (κ2) is 6.50. The molecule has 0 aliphatic carbocycles. The van der Waals surface area contributed by atoms with Gasteiger partial charge in [-0.3, -0.25) is 9.69 Å². The number of rotatable bonds is 4. The third-order valence-electron chi connectivity index (χ3n) is 4.20. The number of carbonyl (C=O) groups is 1. The van der Waals surface area contributed by atoms with Crippen molar-refractivity contribution in [2.45, 2.75) is 44.2 Å². The van der Waals surface area contributed by atoms with Crippen LogP contribution in [0.5, 0.6) is 0 Å². The van der Waals surface area contributed by atoms with E-state index in [2.05, 4.69) is 9.80 Å². The van der Waals surface area contributed by atoms with Crippen molar-refractivity contribution in [1.82, 2.24) is 9.80 Å². The summed E-state index contributed by atoms with van der Waals surface area (Å²) in [6.45, 7) is 4.83. The highest BCUT2D eigenvalue weighted by Crippen LogP contribution is 2.17. The lowest BCUT2D eigenvalue weighted by Crippen LogP contribution is -2.50. The SMILES string of the molecule is NC(=O)C1CCCCN1CCN1CCC(O)CC1. The topological polar surface area (TPSA) is 69.8 Å². The molecule has 0 saturated carbocycles. The highest BCUT2D eigenvalue weighted by atomic mass is 16.3. The number of hydrogen-bond acceptors (Lipinski definition) is 4. The van der Waals surface area contributed by atoms with Crippen LogP contribution >= 0.6 is 0 Å². The van der Waals surface area contributed by atoms with Crippen molar-refractivity contribution in [2.24, 2.45) is 5.73 Å². The number of carbonyl (C=O) groups excluding carboxylic acids is 1. The van der Waals surface area contributed by atoms with Crippen LogP contribution in [0, 0.1) is 0 Å². The fourth-order valence-corrected chi connectivity index (χ4v) is 2.99. The van der Waals surface area contributed by atoms with Crippen molar-refractivity contribution < 1.29 is 9.90 Å². The highest BCUT2D eigenvalue weighted by molar-refractivity contribution is 5.79. The van der Waals surface area contributed by atoms with Gasteiger partial charge >= 0.3 is 0 Å².